The van der Waals surface area contributed by atoms with E-state index in [1.807, 2.05) is 21.1 Å². The molecule has 1 saturated heterocycles. The van der Waals surface area contributed by atoms with Gasteiger partial charge in [0.25, 0.3) is 7.82 Å². The summed E-state index contributed by atoms with van der Waals surface area (Å²) in [5.74, 6) is -0.908. The van der Waals surface area contributed by atoms with Crippen molar-refractivity contribution in [2.75, 3.05) is 47.5 Å². The van der Waals surface area contributed by atoms with Crippen LogP contribution in [0, 0.1) is 0 Å². The second-order valence-electron chi connectivity index (χ2n) is 16.5. The number of unbranched alkanes of at least 4 members (excludes halogenated alkanes) is 16. The Morgan fingerprint density at radius 1 is 0.661 bits per heavy atom. The van der Waals surface area contributed by atoms with E-state index in [2.05, 4.69) is 50.3 Å². The fraction of sp³-hybridized carbons (Fsp3) is 0.822. The molecule has 1 rings (SSSR count). The van der Waals surface area contributed by atoms with E-state index in [4.69, 9.17) is 23.3 Å². The van der Waals surface area contributed by atoms with Crippen LogP contribution in [-0.2, 0) is 37.4 Å². The van der Waals surface area contributed by atoms with Gasteiger partial charge in [-0.25, -0.2) is 0 Å². The lowest BCUT2D eigenvalue weighted by molar-refractivity contribution is -0.870. The van der Waals surface area contributed by atoms with Gasteiger partial charge in [-0.1, -0.05) is 147 Å². The molecule has 0 aromatic heterocycles. The Kier molecular flexibility index (Phi) is 31.8. The highest BCUT2D eigenvalue weighted by molar-refractivity contribution is 7.45. The molecule has 1 aliphatic heterocycles. The standard InChI is InChI=1S/C45H82NO9P/c1-6-8-10-12-14-16-18-20-21-23-25-27-29-31-35-45(48)54-41(40-53-56(49,50)52-38-37-46(3,4)5)39-51-44(47)36-32-34-43-42(55-43)33-30-28-26-24-22-19-17-15-13-11-9-7-2/h15,17,22,24,28,30,41-43H,6-14,16,18-21,23,25-27,29,31-40H2,1-5H3/b17-15-,24-22-,30-28-/t41-,42?,43?/m1/s1. The highest BCUT2D eigenvalue weighted by Crippen LogP contribution is 2.38. The molecule has 11 heteroatoms. The van der Waals surface area contributed by atoms with Gasteiger partial charge in [-0.3, -0.25) is 14.2 Å². The summed E-state index contributed by atoms with van der Waals surface area (Å²) in [4.78, 5) is 37.6. The number of carbonyl (C=O) groups excluding carboxylic acids is 2. The van der Waals surface area contributed by atoms with Crippen LogP contribution >= 0.6 is 7.82 Å². The van der Waals surface area contributed by atoms with Gasteiger partial charge >= 0.3 is 11.9 Å². The molecular formula is C45H82NO9P. The first-order valence-electron chi connectivity index (χ1n) is 22.3. The molecule has 0 radical (unpaired) electrons. The SMILES string of the molecule is CCCCC/C=C\C/C=C\C/C=C\CC1OC1CCCC(=O)OC[C@H](COP(=O)([O-])OCC[N+](C)(C)C)OC(=O)CCCCCCCCCCCCCCCC. The van der Waals surface area contributed by atoms with Crippen LogP contribution in [0.3, 0.4) is 0 Å². The molecule has 4 atom stereocenters. The Balaban J connectivity index is 2.33. The van der Waals surface area contributed by atoms with Crippen molar-refractivity contribution in [3.05, 3.63) is 36.5 Å². The second-order valence-corrected chi connectivity index (χ2v) is 17.9. The predicted molar refractivity (Wildman–Crippen MR) is 226 cm³/mol. The summed E-state index contributed by atoms with van der Waals surface area (Å²) in [5.41, 5.74) is 0. The van der Waals surface area contributed by atoms with E-state index in [0.717, 1.165) is 44.9 Å². The molecule has 0 saturated carbocycles. The van der Waals surface area contributed by atoms with Crippen LogP contribution in [0.25, 0.3) is 0 Å². The molecule has 0 aliphatic carbocycles. The lowest BCUT2D eigenvalue weighted by Gasteiger charge is -2.28. The maximum absolute atomic E-state index is 12.7. The minimum Gasteiger partial charge on any atom is -0.756 e. The minimum absolute atomic E-state index is 0.0423. The van der Waals surface area contributed by atoms with Gasteiger partial charge < -0.3 is 32.6 Å². The Hall–Kier alpha value is -1.81. The fourth-order valence-electron chi connectivity index (χ4n) is 6.21. The molecule has 0 aromatic rings. The van der Waals surface area contributed by atoms with Gasteiger partial charge in [0.15, 0.2) is 6.10 Å². The molecule has 56 heavy (non-hydrogen) atoms. The Labute approximate surface area is 342 Å². The van der Waals surface area contributed by atoms with Crippen LogP contribution < -0.4 is 4.89 Å². The maximum atomic E-state index is 12.7. The molecule has 1 heterocycles. The van der Waals surface area contributed by atoms with E-state index in [0.29, 0.717) is 23.9 Å². The number of phosphoric acid groups is 1. The number of epoxide rings is 1. The number of nitrogens with zero attached hydrogens (tertiary/aromatic N) is 1. The lowest BCUT2D eigenvalue weighted by Crippen LogP contribution is -2.37. The zero-order valence-corrected chi connectivity index (χ0v) is 37.2. The molecule has 10 nitrogen and oxygen atoms in total. The van der Waals surface area contributed by atoms with E-state index in [-0.39, 0.29) is 38.3 Å². The summed E-state index contributed by atoms with van der Waals surface area (Å²) in [6.07, 6.45) is 39.0. The van der Waals surface area contributed by atoms with Crippen molar-refractivity contribution in [1.29, 1.82) is 0 Å². The third kappa shape index (κ3) is 34.3. The molecule has 326 valence electrons. The molecule has 0 N–H and O–H groups in total. The van der Waals surface area contributed by atoms with Crippen LogP contribution in [0.15, 0.2) is 36.5 Å². The van der Waals surface area contributed by atoms with E-state index in [1.54, 1.807) is 0 Å². The summed E-state index contributed by atoms with van der Waals surface area (Å²) in [7, 11) is 1.13. The maximum Gasteiger partial charge on any atom is 0.306 e. The smallest absolute Gasteiger partial charge is 0.306 e. The summed E-state index contributed by atoms with van der Waals surface area (Å²) in [6.45, 7) is 4.11. The number of rotatable bonds is 39. The van der Waals surface area contributed by atoms with Crippen molar-refractivity contribution in [3.63, 3.8) is 0 Å². The monoisotopic (exact) mass is 812 g/mol. The van der Waals surface area contributed by atoms with Crippen LogP contribution in [0.5, 0.6) is 0 Å². The van der Waals surface area contributed by atoms with Gasteiger partial charge in [-0.05, 0) is 51.4 Å². The second kappa shape index (κ2) is 34.1. The summed E-state index contributed by atoms with van der Waals surface area (Å²) >= 11 is 0. The first kappa shape index (κ1) is 52.2. The topological polar surface area (TPSA) is 124 Å². The Morgan fingerprint density at radius 2 is 1.20 bits per heavy atom. The van der Waals surface area contributed by atoms with Crippen molar-refractivity contribution < 1.29 is 46.8 Å². The van der Waals surface area contributed by atoms with Crippen LogP contribution in [-0.4, -0.2) is 82.2 Å². The number of esters is 2. The van der Waals surface area contributed by atoms with E-state index < -0.39 is 32.5 Å². The number of carbonyl (C=O) groups is 2. The van der Waals surface area contributed by atoms with Gasteiger partial charge in [0.2, 0.25) is 0 Å². The quantitative estimate of drug-likeness (QED) is 0.0149. The molecule has 1 aliphatic rings. The molecule has 0 spiro atoms. The normalized spacial score (nSPS) is 17.5. The van der Waals surface area contributed by atoms with E-state index in [9.17, 15) is 19.0 Å². The number of ether oxygens (including phenoxy) is 3. The van der Waals surface area contributed by atoms with Crippen LogP contribution in [0.4, 0.5) is 0 Å². The third-order valence-corrected chi connectivity index (χ3v) is 10.8. The molecule has 1 fully saturated rings. The number of allylic oxidation sites excluding steroid dienone is 5. The van der Waals surface area contributed by atoms with Gasteiger partial charge in [0.1, 0.15) is 19.8 Å². The number of hydrogen-bond acceptors (Lipinski definition) is 9. The Morgan fingerprint density at radius 3 is 1.80 bits per heavy atom. The van der Waals surface area contributed by atoms with Crippen molar-refractivity contribution in [1.82, 2.24) is 0 Å². The number of hydrogen-bond donors (Lipinski definition) is 0. The predicted octanol–water partition coefficient (Wildman–Crippen LogP) is 10.9. The van der Waals surface area contributed by atoms with Gasteiger partial charge in [-0.2, -0.15) is 0 Å². The average molecular weight is 812 g/mol. The average Bonchev–Trinajstić information content (AvgIpc) is 3.90. The van der Waals surface area contributed by atoms with Crippen molar-refractivity contribution in [2.45, 2.75) is 193 Å². The van der Waals surface area contributed by atoms with Crippen molar-refractivity contribution >= 4 is 19.8 Å². The zero-order valence-electron chi connectivity index (χ0n) is 36.3. The summed E-state index contributed by atoms with van der Waals surface area (Å²) in [6, 6.07) is 0. The first-order valence-corrected chi connectivity index (χ1v) is 23.8. The van der Waals surface area contributed by atoms with E-state index in [1.165, 1.54) is 89.9 Å². The highest BCUT2D eigenvalue weighted by Gasteiger charge is 2.36. The van der Waals surface area contributed by atoms with Gasteiger partial charge in [0, 0.05) is 12.8 Å². The molecule has 3 unspecified atom stereocenters. The van der Waals surface area contributed by atoms with Crippen molar-refractivity contribution in [3.8, 4) is 0 Å². The molecule has 0 bridgehead atoms. The fourth-order valence-corrected chi connectivity index (χ4v) is 6.94. The van der Waals surface area contributed by atoms with Gasteiger partial charge in [0.05, 0.1) is 40.0 Å². The van der Waals surface area contributed by atoms with Crippen LogP contribution in [0.1, 0.15) is 174 Å². The Bertz CT molecular complexity index is 1120. The number of quaternary nitrogens is 1. The number of phosphoric ester groups is 1. The van der Waals surface area contributed by atoms with E-state index >= 15 is 0 Å². The molecular weight excluding hydrogens is 729 g/mol. The highest BCUT2D eigenvalue weighted by atomic mass is 31.2. The van der Waals surface area contributed by atoms with Crippen molar-refractivity contribution in [2.24, 2.45) is 0 Å². The largest absolute Gasteiger partial charge is 0.756 e. The zero-order chi connectivity index (χ0) is 41.2. The minimum atomic E-state index is -4.64. The summed E-state index contributed by atoms with van der Waals surface area (Å²) < 4.78 is 39.7. The molecule has 0 amide bonds. The third-order valence-electron chi connectivity index (χ3n) is 9.84. The lowest BCUT2D eigenvalue weighted by atomic mass is 10.0. The first-order chi connectivity index (χ1) is 27.0. The van der Waals surface area contributed by atoms with Gasteiger partial charge in [-0.15, -0.1) is 0 Å². The molecule has 0 aromatic carbocycles. The number of likely N-dealkylation sites (N-methyl/N-ethyl adjacent to an activating group) is 1. The van der Waals surface area contributed by atoms with Crippen LogP contribution in [0.2, 0.25) is 0 Å². The summed E-state index contributed by atoms with van der Waals surface area (Å²) in [5, 5.41) is 0.